The van der Waals surface area contributed by atoms with Crippen LogP contribution in [0.25, 0.3) is 5.52 Å². The highest BCUT2D eigenvalue weighted by atomic mass is 16.6. The third kappa shape index (κ3) is 2.44. The maximum Gasteiger partial charge on any atom is 0.358 e. The number of rotatable bonds is 5. The minimum absolute atomic E-state index is 0.0354. The van der Waals surface area contributed by atoms with E-state index in [9.17, 15) is 10.1 Å². The Labute approximate surface area is 122 Å². The summed E-state index contributed by atoms with van der Waals surface area (Å²) in [6.07, 6.45) is 0. The van der Waals surface area contributed by atoms with Gasteiger partial charge in [-0.25, -0.2) is 4.52 Å². The monoisotopic (exact) mass is 293 g/mol. The molecule has 2 heterocycles. The van der Waals surface area contributed by atoms with Crippen molar-refractivity contribution in [1.82, 2.24) is 9.61 Å². The molecule has 2 rings (SSSR count). The maximum atomic E-state index is 11.4. The number of fused-ring (bicyclic) bond motifs is 1. The molecule has 7 nitrogen and oxygen atoms in total. The number of nitro groups is 1. The Kier molecular flexibility index (Phi) is 4.13. The summed E-state index contributed by atoms with van der Waals surface area (Å²) in [5.74, 6) is 0.0354. The molecule has 0 saturated carbocycles. The highest BCUT2D eigenvalue weighted by Crippen LogP contribution is 2.36. The van der Waals surface area contributed by atoms with E-state index in [2.05, 4.69) is 5.10 Å². The molecule has 0 spiro atoms. The molecule has 7 heteroatoms. The van der Waals surface area contributed by atoms with Crippen LogP contribution >= 0.6 is 0 Å². The summed E-state index contributed by atoms with van der Waals surface area (Å²) >= 11 is 0. The Hall–Kier alpha value is -2.15. The molecule has 114 valence electrons. The summed E-state index contributed by atoms with van der Waals surface area (Å²) in [7, 11) is 1.54. The average Bonchev–Trinajstić information content (AvgIpc) is 2.83. The van der Waals surface area contributed by atoms with Gasteiger partial charge in [-0.1, -0.05) is 0 Å². The van der Waals surface area contributed by atoms with Gasteiger partial charge in [-0.05, 0) is 44.4 Å². The number of methoxy groups -OCH3 is 1. The fraction of sp³-hybridized carbons (Fsp3) is 0.500. The first kappa shape index (κ1) is 15.2. The molecule has 0 radical (unpaired) electrons. The molecule has 0 atom stereocenters. The quantitative estimate of drug-likeness (QED) is 0.481. The van der Waals surface area contributed by atoms with Crippen LogP contribution in [-0.2, 0) is 4.74 Å². The third-order valence-electron chi connectivity index (χ3n) is 3.88. The Bertz CT molecular complexity index is 706. The third-order valence-corrected chi connectivity index (χ3v) is 3.88. The number of ether oxygens (including phenoxy) is 2. The number of pyridine rings is 1. The van der Waals surface area contributed by atoms with Crippen molar-refractivity contribution in [1.29, 1.82) is 0 Å². The van der Waals surface area contributed by atoms with E-state index in [1.165, 1.54) is 0 Å². The van der Waals surface area contributed by atoms with Crippen LogP contribution in [0.5, 0.6) is 5.88 Å². The molecule has 0 fully saturated rings. The molecule has 2 aromatic heterocycles. The van der Waals surface area contributed by atoms with E-state index in [1.54, 1.807) is 11.6 Å². The second-order valence-electron chi connectivity index (χ2n) is 4.97. The number of nitrogens with zero attached hydrogens (tertiary/aromatic N) is 3. The van der Waals surface area contributed by atoms with E-state index in [0.29, 0.717) is 12.1 Å². The Morgan fingerprint density at radius 2 is 1.81 bits per heavy atom. The molecule has 0 aliphatic heterocycles. The SMILES string of the molecule is COCCOc1nn2c(C)c(C)c(C)c(C)c2c1[N+](=O)[O-]. The van der Waals surface area contributed by atoms with Crippen LogP contribution in [0.2, 0.25) is 0 Å². The van der Waals surface area contributed by atoms with Crippen LogP contribution in [0.15, 0.2) is 0 Å². The van der Waals surface area contributed by atoms with Crippen LogP contribution in [-0.4, -0.2) is 34.9 Å². The second-order valence-corrected chi connectivity index (χ2v) is 4.97. The van der Waals surface area contributed by atoms with Crippen LogP contribution in [0, 0.1) is 37.8 Å². The van der Waals surface area contributed by atoms with Crippen LogP contribution < -0.4 is 4.74 Å². The van der Waals surface area contributed by atoms with Gasteiger partial charge >= 0.3 is 11.6 Å². The van der Waals surface area contributed by atoms with Crippen molar-refractivity contribution < 1.29 is 14.4 Å². The lowest BCUT2D eigenvalue weighted by Gasteiger charge is -2.10. The number of hydrogen-bond acceptors (Lipinski definition) is 5. The molecular formula is C14H19N3O4. The molecule has 0 amide bonds. The van der Waals surface area contributed by atoms with Gasteiger partial charge in [-0.2, -0.15) is 0 Å². The van der Waals surface area contributed by atoms with Crippen LogP contribution in [0.1, 0.15) is 22.4 Å². The highest BCUT2D eigenvalue weighted by Gasteiger charge is 2.28. The molecule has 0 saturated heterocycles. The lowest BCUT2D eigenvalue weighted by Crippen LogP contribution is -2.06. The van der Waals surface area contributed by atoms with E-state index >= 15 is 0 Å². The van der Waals surface area contributed by atoms with Gasteiger partial charge in [0.05, 0.1) is 11.5 Å². The molecular weight excluding hydrogens is 274 g/mol. The smallest absolute Gasteiger partial charge is 0.358 e. The van der Waals surface area contributed by atoms with Gasteiger partial charge in [0.25, 0.3) is 0 Å². The lowest BCUT2D eigenvalue weighted by atomic mass is 10.0. The Morgan fingerprint density at radius 3 is 2.38 bits per heavy atom. The van der Waals surface area contributed by atoms with Gasteiger partial charge in [-0.15, -0.1) is 5.10 Å². The summed E-state index contributed by atoms with van der Waals surface area (Å²) in [5, 5.41) is 15.7. The Balaban J connectivity index is 2.71. The van der Waals surface area contributed by atoms with E-state index in [-0.39, 0.29) is 18.2 Å². The Morgan fingerprint density at radius 1 is 1.14 bits per heavy atom. The first-order chi connectivity index (χ1) is 9.90. The number of hydrogen-bond donors (Lipinski definition) is 0. The van der Waals surface area contributed by atoms with Crippen molar-refractivity contribution >= 4 is 11.2 Å². The fourth-order valence-electron chi connectivity index (χ4n) is 2.34. The van der Waals surface area contributed by atoms with Gasteiger partial charge in [0.1, 0.15) is 6.61 Å². The van der Waals surface area contributed by atoms with Gasteiger partial charge in [0, 0.05) is 12.8 Å². The minimum atomic E-state index is -0.439. The van der Waals surface area contributed by atoms with E-state index in [0.717, 1.165) is 22.4 Å². The maximum absolute atomic E-state index is 11.4. The van der Waals surface area contributed by atoms with Crippen molar-refractivity contribution in [3.8, 4) is 5.88 Å². The molecule has 21 heavy (non-hydrogen) atoms. The highest BCUT2D eigenvalue weighted by molar-refractivity contribution is 5.76. The van der Waals surface area contributed by atoms with E-state index in [1.807, 2.05) is 27.7 Å². The predicted molar refractivity (Wildman–Crippen MR) is 78.2 cm³/mol. The molecule has 0 unspecified atom stereocenters. The molecule has 0 N–H and O–H groups in total. The fourth-order valence-corrected chi connectivity index (χ4v) is 2.34. The van der Waals surface area contributed by atoms with Crippen LogP contribution in [0.3, 0.4) is 0 Å². The zero-order valence-corrected chi connectivity index (χ0v) is 12.9. The topological polar surface area (TPSA) is 78.9 Å². The van der Waals surface area contributed by atoms with Gasteiger partial charge in [0.2, 0.25) is 0 Å². The molecule has 0 aromatic carbocycles. The molecule has 0 aliphatic carbocycles. The van der Waals surface area contributed by atoms with Crippen LogP contribution in [0.4, 0.5) is 5.69 Å². The molecule has 2 aromatic rings. The predicted octanol–water partition coefficient (Wildman–Crippen LogP) is 2.50. The molecule has 0 aliphatic rings. The number of aromatic nitrogens is 2. The van der Waals surface area contributed by atoms with E-state index < -0.39 is 4.92 Å². The van der Waals surface area contributed by atoms with Gasteiger partial charge in [-0.3, -0.25) is 10.1 Å². The summed E-state index contributed by atoms with van der Waals surface area (Å²) < 4.78 is 11.9. The first-order valence-corrected chi connectivity index (χ1v) is 6.65. The van der Waals surface area contributed by atoms with Crippen molar-refractivity contribution in [3.05, 3.63) is 32.5 Å². The zero-order chi connectivity index (χ0) is 15.7. The van der Waals surface area contributed by atoms with Gasteiger partial charge < -0.3 is 9.47 Å². The van der Waals surface area contributed by atoms with Crippen molar-refractivity contribution in [2.24, 2.45) is 0 Å². The lowest BCUT2D eigenvalue weighted by molar-refractivity contribution is -0.384. The van der Waals surface area contributed by atoms with Crippen molar-refractivity contribution in [2.75, 3.05) is 20.3 Å². The van der Waals surface area contributed by atoms with E-state index in [4.69, 9.17) is 9.47 Å². The summed E-state index contributed by atoms with van der Waals surface area (Å²) in [6, 6.07) is 0. The second kappa shape index (κ2) is 5.69. The molecule has 0 bridgehead atoms. The first-order valence-electron chi connectivity index (χ1n) is 6.65. The normalized spacial score (nSPS) is 11.1. The summed E-state index contributed by atoms with van der Waals surface area (Å²) in [6.45, 7) is 8.27. The summed E-state index contributed by atoms with van der Waals surface area (Å²) in [4.78, 5) is 11.0. The largest absolute Gasteiger partial charge is 0.469 e. The summed E-state index contributed by atoms with van der Waals surface area (Å²) in [5.41, 5.74) is 4.23. The standard InChI is InChI=1S/C14H19N3O4/c1-8-9(2)11(4)16-12(10(8)3)13(17(18)19)14(15-16)21-7-6-20-5/h6-7H2,1-5H3. The van der Waals surface area contributed by atoms with Crippen molar-refractivity contribution in [3.63, 3.8) is 0 Å². The number of aryl methyl sites for hydroxylation is 2. The minimum Gasteiger partial charge on any atom is -0.469 e. The van der Waals surface area contributed by atoms with Crippen molar-refractivity contribution in [2.45, 2.75) is 27.7 Å². The average molecular weight is 293 g/mol. The van der Waals surface area contributed by atoms with Gasteiger partial charge in [0.15, 0.2) is 5.52 Å². The zero-order valence-electron chi connectivity index (χ0n) is 12.9.